The monoisotopic (exact) mass is 416 g/mol. The van der Waals surface area contributed by atoms with Gasteiger partial charge in [0.25, 0.3) is 5.91 Å². The van der Waals surface area contributed by atoms with Crippen LogP contribution in [0.4, 0.5) is 4.79 Å². The Balaban J connectivity index is 1.63. The first-order chi connectivity index (χ1) is 14.0. The average Bonchev–Trinajstić information content (AvgIpc) is 2.99. The lowest BCUT2D eigenvalue weighted by Crippen LogP contribution is -2.43. The van der Waals surface area contributed by atoms with Crippen LogP contribution in [-0.2, 0) is 16.9 Å². The van der Waals surface area contributed by atoms with Gasteiger partial charge in [0.1, 0.15) is 24.5 Å². The van der Waals surface area contributed by atoms with Gasteiger partial charge in [-0.25, -0.2) is 4.79 Å². The fourth-order valence-corrected chi connectivity index (χ4v) is 4.01. The third kappa shape index (κ3) is 3.25. The Morgan fingerprint density at radius 2 is 1.90 bits per heavy atom. The van der Waals surface area contributed by atoms with E-state index in [0.717, 1.165) is 0 Å². The maximum atomic E-state index is 13.3. The fraction of sp³-hybridized carbons (Fsp3) is 0.333. The molecule has 1 saturated heterocycles. The summed E-state index contributed by atoms with van der Waals surface area (Å²) in [6.45, 7) is 2.80. The summed E-state index contributed by atoms with van der Waals surface area (Å²) in [5.74, 6) is 1.38. The molecule has 2 aliphatic rings. The fourth-order valence-electron chi connectivity index (χ4n) is 3.72. The highest BCUT2D eigenvalue weighted by Gasteiger charge is 2.51. The first kappa shape index (κ1) is 19.4. The first-order valence-electron chi connectivity index (χ1n) is 9.35. The van der Waals surface area contributed by atoms with Crippen LogP contribution in [0, 0.1) is 0 Å². The third-order valence-electron chi connectivity index (χ3n) is 5.29. The van der Waals surface area contributed by atoms with Gasteiger partial charge in [0, 0.05) is 0 Å². The number of methoxy groups -OCH3 is 1. The molecule has 0 aliphatic carbocycles. The number of hydrogen-bond acceptors (Lipinski definition) is 5. The number of halogens is 1. The minimum atomic E-state index is -1.11. The van der Waals surface area contributed by atoms with Crippen LogP contribution in [0.5, 0.6) is 17.2 Å². The van der Waals surface area contributed by atoms with Crippen LogP contribution in [0.2, 0.25) is 5.02 Å². The van der Waals surface area contributed by atoms with E-state index < -0.39 is 11.6 Å². The number of hydrogen-bond donors (Lipinski definition) is 1. The maximum Gasteiger partial charge on any atom is 0.325 e. The molecule has 0 aromatic heterocycles. The molecule has 4 rings (SSSR count). The summed E-state index contributed by atoms with van der Waals surface area (Å²) in [4.78, 5) is 27.2. The van der Waals surface area contributed by atoms with E-state index in [1.807, 2.05) is 6.92 Å². The molecule has 2 aliphatic heterocycles. The summed E-state index contributed by atoms with van der Waals surface area (Å²) >= 11 is 6.29. The SMILES string of the molecule is CC[C@]1(c2ccc(OC)cc2)NC(=O)N(Cc2cc(Cl)c3c(c2)OCCO3)C1=O. The average molecular weight is 417 g/mol. The molecule has 7 nitrogen and oxygen atoms in total. The van der Waals surface area contributed by atoms with Gasteiger partial charge in [-0.3, -0.25) is 9.69 Å². The van der Waals surface area contributed by atoms with Gasteiger partial charge in [-0.05, 0) is 41.8 Å². The molecule has 0 radical (unpaired) electrons. The van der Waals surface area contributed by atoms with Crippen LogP contribution < -0.4 is 19.5 Å². The number of amides is 3. The second-order valence-corrected chi connectivity index (χ2v) is 7.32. The molecule has 2 aromatic rings. The van der Waals surface area contributed by atoms with E-state index in [1.165, 1.54) is 4.90 Å². The summed E-state index contributed by atoms with van der Waals surface area (Å²) in [7, 11) is 1.58. The largest absolute Gasteiger partial charge is 0.497 e. The number of nitrogens with one attached hydrogen (secondary N) is 1. The summed E-state index contributed by atoms with van der Waals surface area (Å²) < 4.78 is 16.3. The molecule has 2 heterocycles. The molecular formula is C21H21ClN2O5. The molecule has 152 valence electrons. The Morgan fingerprint density at radius 1 is 1.17 bits per heavy atom. The van der Waals surface area contributed by atoms with Crippen molar-refractivity contribution >= 4 is 23.5 Å². The highest BCUT2D eigenvalue weighted by atomic mass is 35.5. The van der Waals surface area contributed by atoms with E-state index in [-0.39, 0.29) is 12.5 Å². The van der Waals surface area contributed by atoms with E-state index in [9.17, 15) is 9.59 Å². The van der Waals surface area contributed by atoms with Crippen molar-refractivity contribution < 1.29 is 23.8 Å². The van der Waals surface area contributed by atoms with E-state index in [2.05, 4.69) is 5.32 Å². The van der Waals surface area contributed by atoms with Gasteiger partial charge in [-0.15, -0.1) is 0 Å². The Hall–Kier alpha value is -2.93. The molecule has 0 unspecified atom stereocenters. The predicted octanol–water partition coefficient (Wildman–Crippen LogP) is 3.48. The van der Waals surface area contributed by atoms with Crippen molar-refractivity contribution in [1.29, 1.82) is 0 Å². The lowest BCUT2D eigenvalue weighted by molar-refractivity contribution is -0.132. The second kappa shape index (κ2) is 7.48. The standard InChI is InChI=1S/C21H21ClN2O5/c1-3-21(14-4-6-15(27-2)7-5-14)19(25)24(20(26)23-21)12-13-10-16(22)18-17(11-13)28-8-9-29-18/h4-7,10-11H,3,8-9,12H2,1-2H3,(H,23,26)/t21-/m1/s1. The topological polar surface area (TPSA) is 77.1 Å². The Labute approximate surface area is 173 Å². The Bertz CT molecular complexity index is 962. The van der Waals surface area contributed by atoms with E-state index in [1.54, 1.807) is 43.5 Å². The van der Waals surface area contributed by atoms with Crippen LogP contribution in [0.25, 0.3) is 0 Å². The van der Waals surface area contributed by atoms with Crippen LogP contribution in [0.15, 0.2) is 36.4 Å². The Morgan fingerprint density at radius 3 is 2.59 bits per heavy atom. The molecule has 1 atom stereocenters. The second-order valence-electron chi connectivity index (χ2n) is 6.91. The van der Waals surface area contributed by atoms with Gasteiger partial charge < -0.3 is 19.5 Å². The zero-order valence-corrected chi connectivity index (χ0v) is 16.9. The number of urea groups is 1. The van der Waals surface area contributed by atoms with E-state index in [0.29, 0.717) is 53.0 Å². The molecule has 2 aromatic carbocycles. The number of fused-ring (bicyclic) bond motifs is 1. The summed E-state index contributed by atoms with van der Waals surface area (Å²) in [6, 6.07) is 10.1. The van der Waals surface area contributed by atoms with Crippen molar-refractivity contribution in [2.75, 3.05) is 20.3 Å². The lowest BCUT2D eigenvalue weighted by atomic mass is 9.87. The molecule has 0 saturated carbocycles. The number of nitrogens with zero attached hydrogens (tertiary/aromatic N) is 1. The molecule has 8 heteroatoms. The number of benzene rings is 2. The van der Waals surface area contributed by atoms with Crippen LogP contribution >= 0.6 is 11.6 Å². The van der Waals surface area contributed by atoms with Crippen LogP contribution in [-0.4, -0.2) is 37.2 Å². The zero-order chi connectivity index (χ0) is 20.6. The number of carbonyl (C=O) groups excluding carboxylic acids is 2. The third-order valence-corrected chi connectivity index (χ3v) is 5.57. The first-order valence-corrected chi connectivity index (χ1v) is 9.73. The molecule has 1 N–H and O–H groups in total. The molecule has 1 fully saturated rings. The van der Waals surface area contributed by atoms with Crippen molar-refractivity contribution in [2.24, 2.45) is 0 Å². The maximum absolute atomic E-state index is 13.3. The van der Waals surface area contributed by atoms with E-state index in [4.69, 9.17) is 25.8 Å². The molecule has 29 heavy (non-hydrogen) atoms. The molecular weight excluding hydrogens is 396 g/mol. The van der Waals surface area contributed by atoms with Crippen LogP contribution in [0.3, 0.4) is 0 Å². The minimum Gasteiger partial charge on any atom is -0.497 e. The van der Waals surface area contributed by atoms with Crippen molar-refractivity contribution in [3.05, 3.63) is 52.5 Å². The van der Waals surface area contributed by atoms with Crippen LogP contribution in [0.1, 0.15) is 24.5 Å². The Kier molecular flexibility index (Phi) is 5.00. The molecule has 3 amide bonds. The minimum absolute atomic E-state index is 0.0823. The molecule has 0 bridgehead atoms. The molecule has 0 spiro atoms. The highest BCUT2D eigenvalue weighted by Crippen LogP contribution is 2.39. The van der Waals surface area contributed by atoms with Gasteiger partial charge in [-0.1, -0.05) is 30.7 Å². The van der Waals surface area contributed by atoms with Gasteiger partial charge in [0.15, 0.2) is 11.5 Å². The summed E-state index contributed by atoms with van der Waals surface area (Å²) in [5.41, 5.74) is 0.285. The zero-order valence-electron chi connectivity index (χ0n) is 16.2. The lowest BCUT2D eigenvalue weighted by Gasteiger charge is -2.26. The van der Waals surface area contributed by atoms with Crippen molar-refractivity contribution in [2.45, 2.75) is 25.4 Å². The van der Waals surface area contributed by atoms with Crippen molar-refractivity contribution in [3.63, 3.8) is 0 Å². The number of imide groups is 1. The van der Waals surface area contributed by atoms with Gasteiger partial charge in [-0.2, -0.15) is 0 Å². The summed E-state index contributed by atoms with van der Waals surface area (Å²) in [6.07, 6.45) is 0.419. The number of rotatable bonds is 5. The number of carbonyl (C=O) groups is 2. The quantitative estimate of drug-likeness (QED) is 0.755. The normalized spacial score (nSPS) is 20.6. The van der Waals surface area contributed by atoms with Crippen molar-refractivity contribution in [1.82, 2.24) is 10.2 Å². The predicted molar refractivity (Wildman–Crippen MR) is 106 cm³/mol. The van der Waals surface area contributed by atoms with E-state index >= 15 is 0 Å². The van der Waals surface area contributed by atoms with Gasteiger partial charge >= 0.3 is 6.03 Å². The number of ether oxygens (including phenoxy) is 3. The van der Waals surface area contributed by atoms with Crippen molar-refractivity contribution in [3.8, 4) is 17.2 Å². The van der Waals surface area contributed by atoms with Gasteiger partial charge in [0.05, 0.1) is 18.7 Å². The smallest absolute Gasteiger partial charge is 0.325 e. The van der Waals surface area contributed by atoms with Gasteiger partial charge in [0.2, 0.25) is 0 Å². The summed E-state index contributed by atoms with van der Waals surface area (Å²) in [5, 5.41) is 3.27. The highest BCUT2D eigenvalue weighted by molar-refractivity contribution is 6.32.